The van der Waals surface area contributed by atoms with Crippen molar-refractivity contribution in [3.05, 3.63) is 0 Å². The van der Waals surface area contributed by atoms with E-state index in [9.17, 15) is 0 Å². The van der Waals surface area contributed by atoms with Crippen LogP contribution in [0.25, 0.3) is 0 Å². The summed E-state index contributed by atoms with van der Waals surface area (Å²) in [7, 11) is -1.13. The van der Waals surface area contributed by atoms with Gasteiger partial charge in [-0.05, 0) is 12.2 Å². The van der Waals surface area contributed by atoms with Crippen LogP contribution in [0.1, 0.15) is 19.8 Å². The highest BCUT2D eigenvalue weighted by Gasteiger charge is 2.04. The summed E-state index contributed by atoms with van der Waals surface area (Å²) in [4.78, 5) is 0. The van der Waals surface area contributed by atoms with E-state index in [2.05, 4.69) is 6.92 Å². The van der Waals surface area contributed by atoms with E-state index in [1.165, 1.54) is 6.42 Å². The van der Waals surface area contributed by atoms with Gasteiger partial charge in [-0.15, -0.1) is 0 Å². The van der Waals surface area contributed by atoms with Crippen LogP contribution in [-0.2, 0) is 0 Å². The number of hydrogen-bond donors (Lipinski definition) is 2. The van der Waals surface area contributed by atoms with Gasteiger partial charge in [-0.25, -0.2) is 0 Å². The first kappa shape index (κ1) is 9.33. The Labute approximate surface area is 60.8 Å². The number of rotatable bonds is 5. The normalized spacial score (nSPS) is 9.67. The molecule has 0 spiro atoms. The van der Waals surface area contributed by atoms with Crippen LogP contribution < -0.4 is 0 Å². The van der Waals surface area contributed by atoms with Crippen molar-refractivity contribution in [2.45, 2.75) is 19.8 Å². The summed E-state index contributed by atoms with van der Waals surface area (Å²) in [6.45, 7) is 2.12. The van der Waals surface area contributed by atoms with Crippen LogP contribution in [-0.4, -0.2) is 28.6 Å². The fourth-order valence-corrected chi connectivity index (χ4v) is 1.31. The van der Waals surface area contributed by atoms with Crippen LogP contribution in [0.4, 0.5) is 0 Å². The molecule has 4 heteroatoms. The number of unbranched alkanes of at least 4 members (excludes halogenated alkanes) is 1. The van der Waals surface area contributed by atoms with Gasteiger partial charge in [0.1, 0.15) is 0 Å². The summed E-state index contributed by atoms with van der Waals surface area (Å²) >= 11 is 1.59. The van der Waals surface area contributed by atoms with Gasteiger partial charge in [-0.1, -0.05) is 13.3 Å². The van der Waals surface area contributed by atoms with Gasteiger partial charge in [-0.2, -0.15) is 11.8 Å². The topological polar surface area (TPSA) is 40.5 Å². The molecule has 0 aromatic rings. The molecule has 0 aliphatic heterocycles. The average Bonchev–Trinajstić information content (AvgIpc) is 1.80. The molecular formula is C5H13BO2S. The highest BCUT2D eigenvalue weighted by atomic mass is 32.2. The van der Waals surface area contributed by atoms with E-state index in [4.69, 9.17) is 10.0 Å². The van der Waals surface area contributed by atoms with Gasteiger partial charge in [0.15, 0.2) is 0 Å². The summed E-state index contributed by atoms with van der Waals surface area (Å²) in [5.41, 5.74) is 0.444. The highest BCUT2D eigenvalue weighted by Crippen LogP contribution is 2.03. The van der Waals surface area contributed by atoms with E-state index < -0.39 is 7.12 Å². The molecule has 0 saturated carbocycles. The lowest BCUT2D eigenvalue weighted by Gasteiger charge is -1.96. The van der Waals surface area contributed by atoms with E-state index in [0.29, 0.717) is 5.65 Å². The predicted octanol–water partition coefficient (Wildman–Crippen LogP) is 0.532. The molecule has 0 bridgehead atoms. The highest BCUT2D eigenvalue weighted by molar-refractivity contribution is 8.00. The molecule has 0 aromatic carbocycles. The molecule has 0 radical (unpaired) electrons. The standard InChI is InChI=1S/C5H13BO2S/c1-2-3-4-9-5-6(7)8/h7-8H,2-5H2,1H3. The SMILES string of the molecule is CCCCSCB(O)O. The molecule has 2 N–H and O–H groups in total. The number of hydrogen-bond acceptors (Lipinski definition) is 3. The Bertz CT molecular complexity index is 60.9. The zero-order chi connectivity index (χ0) is 7.11. The van der Waals surface area contributed by atoms with Crippen molar-refractivity contribution >= 4 is 18.9 Å². The van der Waals surface area contributed by atoms with E-state index in [1.807, 2.05) is 0 Å². The zero-order valence-corrected chi connectivity index (χ0v) is 6.52. The largest absolute Gasteiger partial charge is 0.461 e. The maximum atomic E-state index is 8.39. The number of thioether (sulfide) groups is 1. The summed E-state index contributed by atoms with van der Waals surface area (Å²) < 4.78 is 0. The van der Waals surface area contributed by atoms with Crippen molar-refractivity contribution in [3.63, 3.8) is 0 Å². The molecule has 0 rings (SSSR count). The van der Waals surface area contributed by atoms with Crippen molar-refractivity contribution in [2.75, 3.05) is 11.4 Å². The third-order valence-electron chi connectivity index (χ3n) is 0.909. The van der Waals surface area contributed by atoms with Crippen molar-refractivity contribution in [3.8, 4) is 0 Å². The molecule has 9 heavy (non-hydrogen) atoms. The predicted molar refractivity (Wildman–Crippen MR) is 42.4 cm³/mol. The molecule has 0 unspecified atom stereocenters. The molecule has 0 atom stereocenters. The van der Waals surface area contributed by atoms with Gasteiger partial charge < -0.3 is 10.0 Å². The Morgan fingerprint density at radius 1 is 1.44 bits per heavy atom. The molecule has 0 amide bonds. The Morgan fingerprint density at radius 3 is 2.56 bits per heavy atom. The van der Waals surface area contributed by atoms with Gasteiger partial charge in [0, 0.05) is 5.65 Å². The smallest absolute Gasteiger partial charge is 0.427 e. The van der Waals surface area contributed by atoms with Crippen molar-refractivity contribution in [1.29, 1.82) is 0 Å². The van der Waals surface area contributed by atoms with Gasteiger partial charge in [0.2, 0.25) is 0 Å². The van der Waals surface area contributed by atoms with Crippen molar-refractivity contribution in [2.24, 2.45) is 0 Å². The first-order valence-electron chi connectivity index (χ1n) is 3.21. The second-order valence-electron chi connectivity index (χ2n) is 1.91. The molecule has 0 saturated heterocycles. The van der Waals surface area contributed by atoms with E-state index in [1.54, 1.807) is 11.8 Å². The minimum Gasteiger partial charge on any atom is -0.427 e. The Morgan fingerprint density at radius 2 is 2.11 bits per heavy atom. The van der Waals surface area contributed by atoms with Gasteiger partial charge in [-0.3, -0.25) is 0 Å². The Hall–Kier alpha value is 0.335. The van der Waals surface area contributed by atoms with Crippen LogP contribution in [0.5, 0.6) is 0 Å². The molecule has 0 heterocycles. The lowest BCUT2D eigenvalue weighted by atomic mass is 9.98. The maximum Gasteiger partial charge on any atom is 0.461 e. The second kappa shape index (κ2) is 6.45. The zero-order valence-electron chi connectivity index (χ0n) is 5.71. The molecule has 0 aliphatic carbocycles. The molecule has 0 aliphatic rings. The first-order chi connectivity index (χ1) is 4.27. The lowest BCUT2D eigenvalue weighted by Crippen LogP contribution is -2.14. The van der Waals surface area contributed by atoms with Crippen LogP contribution in [0.3, 0.4) is 0 Å². The summed E-state index contributed by atoms with van der Waals surface area (Å²) in [5.74, 6) is 1.04. The molecule has 2 nitrogen and oxygen atoms in total. The molecule has 54 valence electrons. The second-order valence-corrected chi connectivity index (χ2v) is 3.06. The van der Waals surface area contributed by atoms with E-state index >= 15 is 0 Å². The Balaban J connectivity index is 2.75. The third kappa shape index (κ3) is 8.33. The van der Waals surface area contributed by atoms with E-state index in [0.717, 1.165) is 12.2 Å². The van der Waals surface area contributed by atoms with Crippen LogP contribution in [0, 0.1) is 0 Å². The van der Waals surface area contributed by atoms with Gasteiger partial charge in [0.05, 0.1) is 0 Å². The van der Waals surface area contributed by atoms with Gasteiger partial charge in [0.25, 0.3) is 0 Å². The van der Waals surface area contributed by atoms with Crippen LogP contribution in [0.2, 0.25) is 0 Å². The first-order valence-corrected chi connectivity index (χ1v) is 4.36. The van der Waals surface area contributed by atoms with E-state index in [-0.39, 0.29) is 0 Å². The fraction of sp³-hybridized carbons (Fsp3) is 1.00. The summed E-state index contributed by atoms with van der Waals surface area (Å²) in [6.07, 6.45) is 2.34. The van der Waals surface area contributed by atoms with Crippen molar-refractivity contribution in [1.82, 2.24) is 0 Å². The molecule has 0 fully saturated rings. The quantitative estimate of drug-likeness (QED) is 0.441. The lowest BCUT2D eigenvalue weighted by molar-refractivity contribution is 0.415. The molecular weight excluding hydrogens is 135 g/mol. The summed E-state index contributed by atoms with van der Waals surface area (Å²) in [6, 6.07) is 0. The molecule has 0 aromatic heterocycles. The average molecular weight is 148 g/mol. The third-order valence-corrected chi connectivity index (χ3v) is 2.02. The fourth-order valence-electron chi connectivity index (χ4n) is 0.435. The van der Waals surface area contributed by atoms with Crippen molar-refractivity contribution < 1.29 is 10.0 Å². The summed E-state index contributed by atoms with van der Waals surface area (Å²) in [5, 5.41) is 16.8. The van der Waals surface area contributed by atoms with Gasteiger partial charge >= 0.3 is 7.12 Å². The monoisotopic (exact) mass is 148 g/mol. The van der Waals surface area contributed by atoms with Crippen LogP contribution >= 0.6 is 11.8 Å². The minimum atomic E-state index is -1.13. The maximum absolute atomic E-state index is 8.39. The minimum absolute atomic E-state index is 0.444. The van der Waals surface area contributed by atoms with Crippen LogP contribution in [0.15, 0.2) is 0 Å². The Kier molecular flexibility index (Phi) is 6.70.